The van der Waals surface area contributed by atoms with E-state index in [1.165, 1.54) is 18.5 Å². The summed E-state index contributed by atoms with van der Waals surface area (Å²) in [5.41, 5.74) is 0.886. The minimum Gasteiger partial charge on any atom is -0.389 e. The number of hydrogen-bond donors (Lipinski definition) is 1. The first-order chi connectivity index (χ1) is 7.26. The van der Waals surface area contributed by atoms with E-state index in [4.69, 9.17) is 0 Å². The van der Waals surface area contributed by atoms with Gasteiger partial charge in [-0.2, -0.15) is 11.3 Å². The minimum absolute atomic E-state index is 0.423. The van der Waals surface area contributed by atoms with Crippen LogP contribution in [0.3, 0.4) is 0 Å². The maximum absolute atomic E-state index is 10.7. The Morgan fingerprint density at radius 2 is 2.47 bits per heavy atom. The molecule has 2 aliphatic rings. The van der Waals surface area contributed by atoms with Gasteiger partial charge in [-0.25, -0.2) is 0 Å². The Morgan fingerprint density at radius 1 is 1.53 bits per heavy atom. The predicted molar refractivity (Wildman–Crippen MR) is 62.1 cm³/mol. The lowest BCUT2D eigenvalue weighted by atomic mass is 9.78. The summed E-state index contributed by atoms with van der Waals surface area (Å²) in [6.07, 6.45) is 2.99. The lowest BCUT2D eigenvalue weighted by molar-refractivity contribution is -0.0438. The highest BCUT2D eigenvalue weighted by Gasteiger charge is 2.44. The monoisotopic (exact) mass is 223 g/mol. The van der Waals surface area contributed by atoms with Crippen LogP contribution in [0.5, 0.6) is 0 Å². The van der Waals surface area contributed by atoms with E-state index < -0.39 is 5.60 Å². The molecule has 15 heavy (non-hydrogen) atoms. The minimum atomic E-state index is -0.423. The largest absolute Gasteiger partial charge is 0.389 e. The van der Waals surface area contributed by atoms with Crippen molar-refractivity contribution < 1.29 is 5.11 Å². The number of rotatable bonds is 2. The molecule has 1 aromatic heterocycles. The normalized spacial score (nSPS) is 39.5. The van der Waals surface area contributed by atoms with Crippen LogP contribution in [0.15, 0.2) is 16.8 Å². The molecule has 0 spiro atoms. The average molecular weight is 223 g/mol. The van der Waals surface area contributed by atoms with Gasteiger partial charge in [0.15, 0.2) is 0 Å². The van der Waals surface area contributed by atoms with Gasteiger partial charge in [-0.1, -0.05) is 0 Å². The summed E-state index contributed by atoms with van der Waals surface area (Å²) in [6.45, 7) is 3.38. The number of piperidine rings is 1. The lowest BCUT2D eigenvalue weighted by Gasteiger charge is -2.38. The molecule has 82 valence electrons. The SMILES string of the molecule is OC1(Cc2ccsc2)CCN2CCC1C2. The highest BCUT2D eigenvalue weighted by atomic mass is 32.1. The van der Waals surface area contributed by atoms with Crippen LogP contribution in [-0.2, 0) is 6.42 Å². The van der Waals surface area contributed by atoms with Crippen molar-refractivity contribution in [1.29, 1.82) is 0 Å². The maximum atomic E-state index is 10.7. The molecule has 3 heterocycles. The number of nitrogens with zero attached hydrogens (tertiary/aromatic N) is 1. The van der Waals surface area contributed by atoms with Crippen molar-refractivity contribution >= 4 is 11.3 Å². The standard InChI is InChI=1S/C12H17NOS/c14-12(7-10-2-6-15-9-10)3-5-13-4-1-11(12)8-13/h2,6,9,11,14H,1,3-5,7-8H2. The van der Waals surface area contributed by atoms with Crippen LogP contribution >= 0.6 is 11.3 Å². The first-order valence-corrected chi connectivity index (χ1v) is 6.66. The summed E-state index contributed by atoms with van der Waals surface area (Å²) in [5, 5.41) is 15.0. The van der Waals surface area contributed by atoms with Crippen molar-refractivity contribution in [2.24, 2.45) is 5.92 Å². The zero-order chi connectivity index (χ0) is 10.3. The van der Waals surface area contributed by atoms with E-state index in [1.54, 1.807) is 11.3 Å². The van der Waals surface area contributed by atoms with Crippen molar-refractivity contribution in [3.63, 3.8) is 0 Å². The van der Waals surface area contributed by atoms with Gasteiger partial charge in [-0.15, -0.1) is 0 Å². The Hall–Kier alpha value is -0.380. The molecule has 0 aliphatic carbocycles. The van der Waals surface area contributed by atoms with E-state index in [0.29, 0.717) is 5.92 Å². The molecule has 2 nitrogen and oxygen atoms in total. The van der Waals surface area contributed by atoms with E-state index in [1.807, 2.05) is 0 Å². The van der Waals surface area contributed by atoms with Gasteiger partial charge in [0.25, 0.3) is 0 Å². The Bertz CT molecular complexity index is 337. The van der Waals surface area contributed by atoms with Crippen molar-refractivity contribution in [2.45, 2.75) is 24.9 Å². The first kappa shape index (κ1) is 9.82. The van der Waals surface area contributed by atoms with Crippen molar-refractivity contribution in [2.75, 3.05) is 19.6 Å². The van der Waals surface area contributed by atoms with Gasteiger partial charge in [0.1, 0.15) is 0 Å². The summed E-state index contributed by atoms with van der Waals surface area (Å²) in [6, 6.07) is 2.14. The molecule has 2 bridgehead atoms. The summed E-state index contributed by atoms with van der Waals surface area (Å²) in [5.74, 6) is 0.506. The molecule has 0 aromatic carbocycles. The van der Waals surface area contributed by atoms with Gasteiger partial charge in [0, 0.05) is 25.4 Å². The molecular formula is C12H17NOS. The zero-order valence-corrected chi connectivity index (χ0v) is 9.67. The number of fused-ring (bicyclic) bond motifs is 2. The quantitative estimate of drug-likeness (QED) is 0.825. The molecule has 0 radical (unpaired) electrons. The van der Waals surface area contributed by atoms with Gasteiger partial charge in [0.2, 0.25) is 0 Å². The second-order valence-electron chi connectivity index (χ2n) is 4.95. The number of thiophene rings is 1. The van der Waals surface area contributed by atoms with Crippen molar-refractivity contribution in [3.8, 4) is 0 Å². The molecule has 2 fully saturated rings. The van der Waals surface area contributed by atoms with Crippen LogP contribution < -0.4 is 0 Å². The number of aliphatic hydroxyl groups is 1. The van der Waals surface area contributed by atoms with Gasteiger partial charge >= 0.3 is 0 Å². The summed E-state index contributed by atoms with van der Waals surface area (Å²) in [4.78, 5) is 2.48. The topological polar surface area (TPSA) is 23.5 Å². The highest BCUT2D eigenvalue weighted by Crippen LogP contribution is 2.37. The molecule has 3 rings (SSSR count). The Kier molecular flexibility index (Phi) is 2.34. The molecular weight excluding hydrogens is 206 g/mol. The fraction of sp³-hybridized carbons (Fsp3) is 0.667. The van der Waals surface area contributed by atoms with Crippen LogP contribution in [0.25, 0.3) is 0 Å². The fourth-order valence-electron chi connectivity index (χ4n) is 3.01. The van der Waals surface area contributed by atoms with Gasteiger partial charge in [0.05, 0.1) is 5.60 Å². The molecule has 0 saturated carbocycles. The van der Waals surface area contributed by atoms with Crippen LogP contribution in [0.1, 0.15) is 18.4 Å². The van der Waals surface area contributed by atoms with E-state index >= 15 is 0 Å². The summed E-state index contributed by atoms with van der Waals surface area (Å²) < 4.78 is 0. The van der Waals surface area contributed by atoms with Crippen LogP contribution in [-0.4, -0.2) is 35.2 Å². The van der Waals surface area contributed by atoms with Crippen LogP contribution in [0.4, 0.5) is 0 Å². The van der Waals surface area contributed by atoms with Gasteiger partial charge in [-0.05, 0) is 41.8 Å². The third-order valence-electron chi connectivity index (χ3n) is 3.98. The van der Waals surface area contributed by atoms with Gasteiger partial charge < -0.3 is 10.0 Å². The molecule has 1 N–H and O–H groups in total. The molecule has 3 atom stereocenters. The second kappa shape index (κ2) is 3.58. The number of hydrogen-bond acceptors (Lipinski definition) is 3. The van der Waals surface area contributed by atoms with E-state index in [2.05, 4.69) is 21.7 Å². The third kappa shape index (κ3) is 1.73. The zero-order valence-electron chi connectivity index (χ0n) is 8.85. The summed E-state index contributed by atoms with van der Waals surface area (Å²) in [7, 11) is 0. The lowest BCUT2D eigenvalue weighted by Crippen LogP contribution is -2.47. The highest BCUT2D eigenvalue weighted by molar-refractivity contribution is 7.07. The Labute approximate surface area is 94.5 Å². The average Bonchev–Trinajstić information content (AvgIpc) is 2.82. The maximum Gasteiger partial charge on any atom is 0.0741 e. The molecule has 3 heteroatoms. The predicted octanol–water partition coefficient (Wildman–Crippen LogP) is 1.75. The summed E-state index contributed by atoms with van der Waals surface area (Å²) >= 11 is 1.72. The molecule has 1 aromatic rings. The van der Waals surface area contributed by atoms with E-state index in [9.17, 15) is 5.11 Å². The first-order valence-electron chi connectivity index (χ1n) is 5.72. The van der Waals surface area contributed by atoms with Crippen molar-refractivity contribution in [1.82, 2.24) is 4.90 Å². The fourth-order valence-corrected chi connectivity index (χ4v) is 3.68. The van der Waals surface area contributed by atoms with E-state index in [0.717, 1.165) is 25.9 Å². The second-order valence-corrected chi connectivity index (χ2v) is 5.73. The van der Waals surface area contributed by atoms with Gasteiger partial charge in [-0.3, -0.25) is 0 Å². The van der Waals surface area contributed by atoms with Crippen LogP contribution in [0, 0.1) is 5.92 Å². The Morgan fingerprint density at radius 3 is 3.27 bits per heavy atom. The third-order valence-corrected chi connectivity index (χ3v) is 4.72. The molecule has 0 amide bonds. The molecule has 3 unspecified atom stereocenters. The van der Waals surface area contributed by atoms with E-state index in [-0.39, 0.29) is 0 Å². The van der Waals surface area contributed by atoms with Crippen molar-refractivity contribution in [3.05, 3.63) is 22.4 Å². The van der Waals surface area contributed by atoms with Crippen LogP contribution in [0.2, 0.25) is 0 Å². The smallest absolute Gasteiger partial charge is 0.0741 e. The molecule has 2 aliphatic heterocycles. The Balaban J connectivity index is 1.78. The molecule has 2 saturated heterocycles.